The van der Waals surface area contributed by atoms with Gasteiger partial charge < -0.3 is 4.42 Å². The first-order valence-electron chi connectivity index (χ1n) is 5.86. The van der Waals surface area contributed by atoms with Crippen molar-refractivity contribution in [3.05, 3.63) is 64.5 Å². The molecule has 0 saturated heterocycles. The molecule has 2 aromatic carbocycles. The summed E-state index contributed by atoms with van der Waals surface area (Å²) in [6, 6.07) is 11.4. The van der Waals surface area contributed by atoms with Crippen molar-refractivity contribution < 1.29 is 9.21 Å². The third kappa shape index (κ3) is 1.85. The number of hydrogen-bond donors (Lipinski definition) is 0. The second-order valence-corrected chi connectivity index (χ2v) is 4.18. The first-order valence-corrected chi connectivity index (χ1v) is 5.86. The lowest BCUT2D eigenvalue weighted by molar-refractivity contribution is -0.104. The largest absolute Gasteiger partial charge is 0.463 e. The van der Waals surface area contributed by atoms with Gasteiger partial charge in [0.1, 0.15) is 18.1 Å². The van der Waals surface area contributed by atoms with E-state index in [9.17, 15) is 9.59 Å². The Morgan fingerprint density at radius 1 is 1.00 bits per heavy atom. The minimum Gasteiger partial charge on any atom is -0.463 e. The van der Waals surface area contributed by atoms with Crippen LogP contribution in [0.15, 0.2) is 57.9 Å². The fourth-order valence-electron chi connectivity index (χ4n) is 2.14. The van der Waals surface area contributed by atoms with E-state index in [4.69, 9.17) is 4.42 Å². The minimum absolute atomic E-state index is 0.134. The maximum Gasteiger partial charge on any atom is 0.199 e. The second-order valence-electron chi connectivity index (χ2n) is 4.18. The highest BCUT2D eigenvalue weighted by Crippen LogP contribution is 2.23. The van der Waals surface area contributed by atoms with Gasteiger partial charge in [-0.05, 0) is 23.6 Å². The van der Waals surface area contributed by atoms with Crippen LogP contribution in [0.25, 0.3) is 27.8 Å². The van der Waals surface area contributed by atoms with E-state index in [0.717, 1.165) is 10.8 Å². The van der Waals surface area contributed by atoms with Gasteiger partial charge in [0.15, 0.2) is 5.43 Å². The molecule has 0 N–H and O–H groups in total. The van der Waals surface area contributed by atoms with E-state index >= 15 is 0 Å². The van der Waals surface area contributed by atoms with Crippen molar-refractivity contribution in [2.45, 2.75) is 0 Å². The van der Waals surface area contributed by atoms with Gasteiger partial charge in [-0.2, -0.15) is 0 Å². The molecule has 0 radical (unpaired) electrons. The summed E-state index contributed by atoms with van der Waals surface area (Å²) < 4.78 is 5.57. The molecule has 3 rings (SSSR count). The Hall–Kier alpha value is -2.68. The van der Waals surface area contributed by atoms with E-state index < -0.39 is 0 Å². The van der Waals surface area contributed by atoms with Gasteiger partial charge >= 0.3 is 0 Å². The van der Waals surface area contributed by atoms with Gasteiger partial charge in [0, 0.05) is 5.39 Å². The number of carbonyl (C=O) groups excluding carboxylic acids is 1. The standard InChI is InChI=1S/C16H10O3/c17-9-3-5-12-10-19-16-13-6-2-1-4-11(13)7-8-14(16)15(12)18/h1-10H. The monoisotopic (exact) mass is 250 g/mol. The first-order chi connectivity index (χ1) is 9.31. The quantitative estimate of drug-likeness (QED) is 0.399. The molecule has 3 aromatic rings. The van der Waals surface area contributed by atoms with E-state index in [0.29, 0.717) is 22.8 Å². The Labute approximate surface area is 108 Å². The highest BCUT2D eigenvalue weighted by atomic mass is 16.3. The average Bonchev–Trinajstić information content (AvgIpc) is 2.46. The summed E-state index contributed by atoms with van der Waals surface area (Å²) in [6.07, 6.45) is 4.74. The third-order valence-electron chi connectivity index (χ3n) is 3.04. The Kier molecular flexibility index (Phi) is 2.72. The number of aldehydes is 1. The number of fused-ring (bicyclic) bond motifs is 3. The van der Waals surface area contributed by atoms with Crippen LogP contribution in [0.5, 0.6) is 0 Å². The van der Waals surface area contributed by atoms with Crippen LogP contribution in [0.2, 0.25) is 0 Å². The molecule has 0 amide bonds. The van der Waals surface area contributed by atoms with Crippen LogP contribution in [0.3, 0.4) is 0 Å². The van der Waals surface area contributed by atoms with Crippen molar-refractivity contribution in [3.8, 4) is 0 Å². The number of carbonyl (C=O) groups is 1. The summed E-state index contributed by atoms with van der Waals surface area (Å²) in [5.41, 5.74) is 0.811. The van der Waals surface area contributed by atoms with Gasteiger partial charge in [0.05, 0.1) is 10.9 Å². The molecule has 19 heavy (non-hydrogen) atoms. The summed E-state index contributed by atoms with van der Waals surface area (Å²) >= 11 is 0. The zero-order valence-corrected chi connectivity index (χ0v) is 10.00. The van der Waals surface area contributed by atoms with Crippen LogP contribution in [-0.4, -0.2) is 6.29 Å². The predicted octanol–water partition coefficient (Wildman–Crippen LogP) is 3.16. The number of hydrogen-bond acceptors (Lipinski definition) is 3. The fourth-order valence-corrected chi connectivity index (χ4v) is 2.14. The molecule has 1 aromatic heterocycles. The molecule has 0 aliphatic carbocycles. The maximum absolute atomic E-state index is 12.3. The van der Waals surface area contributed by atoms with Crippen LogP contribution in [-0.2, 0) is 4.79 Å². The van der Waals surface area contributed by atoms with Crippen molar-refractivity contribution in [2.75, 3.05) is 0 Å². The zero-order chi connectivity index (χ0) is 13.2. The molecule has 0 spiro atoms. The van der Waals surface area contributed by atoms with Crippen LogP contribution in [0.1, 0.15) is 5.56 Å². The smallest absolute Gasteiger partial charge is 0.199 e. The summed E-state index contributed by atoms with van der Waals surface area (Å²) in [5.74, 6) is 0. The average molecular weight is 250 g/mol. The molecule has 3 heteroatoms. The Bertz CT molecular complexity index is 857. The molecule has 3 nitrogen and oxygen atoms in total. The summed E-state index contributed by atoms with van der Waals surface area (Å²) in [6.45, 7) is 0. The molecule has 0 fully saturated rings. The van der Waals surface area contributed by atoms with Gasteiger partial charge in [-0.3, -0.25) is 9.59 Å². The molecule has 0 atom stereocenters. The predicted molar refractivity (Wildman–Crippen MR) is 75.1 cm³/mol. The van der Waals surface area contributed by atoms with Crippen molar-refractivity contribution in [3.63, 3.8) is 0 Å². The van der Waals surface area contributed by atoms with Gasteiger partial charge in [-0.15, -0.1) is 0 Å². The number of allylic oxidation sites excluding steroid dienone is 1. The lowest BCUT2D eigenvalue weighted by Crippen LogP contribution is -2.04. The molecule has 0 aliphatic heterocycles. The SMILES string of the molecule is O=CC=Cc1coc2c(ccc3ccccc32)c1=O. The Morgan fingerprint density at radius 3 is 2.68 bits per heavy atom. The van der Waals surface area contributed by atoms with Crippen LogP contribution < -0.4 is 5.43 Å². The summed E-state index contributed by atoms with van der Waals surface area (Å²) in [7, 11) is 0. The Morgan fingerprint density at radius 2 is 1.84 bits per heavy atom. The second kappa shape index (κ2) is 4.53. The highest BCUT2D eigenvalue weighted by Gasteiger charge is 2.07. The zero-order valence-electron chi connectivity index (χ0n) is 10.00. The first kappa shape index (κ1) is 11.4. The topological polar surface area (TPSA) is 47.3 Å². The molecule has 92 valence electrons. The molecular weight excluding hydrogens is 240 g/mol. The van der Waals surface area contributed by atoms with Crippen molar-refractivity contribution >= 4 is 34.1 Å². The number of benzene rings is 2. The lowest BCUT2D eigenvalue weighted by atomic mass is 10.1. The van der Waals surface area contributed by atoms with Crippen LogP contribution in [0, 0.1) is 0 Å². The Balaban J connectivity index is 2.39. The normalized spacial score (nSPS) is 11.4. The molecule has 0 bridgehead atoms. The fraction of sp³-hybridized carbons (Fsp3) is 0. The van der Waals surface area contributed by atoms with Crippen LogP contribution in [0.4, 0.5) is 0 Å². The maximum atomic E-state index is 12.3. The van der Waals surface area contributed by atoms with E-state index in [1.807, 2.05) is 30.3 Å². The lowest BCUT2D eigenvalue weighted by Gasteiger charge is -2.02. The van der Waals surface area contributed by atoms with Gasteiger partial charge in [-0.1, -0.05) is 30.3 Å². The molecule has 1 heterocycles. The molecule has 0 aliphatic rings. The number of rotatable bonds is 2. The van der Waals surface area contributed by atoms with Crippen LogP contribution >= 0.6 is 0 Å². The van der Waals surface area contributed by atoms with E-state index in [1.165, 1.54) is 18.4 Å². The molecular formula is C16H10O3. The third-order valence-corrected chi connectivity index (χ3v) is 3.04. The highest BCUT2D eigenvalue weighted by molar-refractivity contribution is 6.04. The summed E-state index contributed by atoms with van der Waals surface area (Å²) in [5, 5.41) is 2.45. The molecule has 0 unspecified atom stereocenters. The van der Waals surface area contributed by atoms with Crippen molar-refractivity contribution in [1.29, 1.82) is 0 Å². The van der Waals surface area contributed by atoms with E-state index in [2.05, 4.69) is 0 Å². The van der Waals surface area contributed by atoms with Crippen molar-refractivity contribution in [1.82, 2.24) is 0 Å². The van der Waals surface area contributed by atoms with E-state index in [1.54, 1.807) is 6.07 Å². The van der Waals surface area contributed by atoms with Gasteiger partial charge in [-0.25, -0.2) is 0 Å². The van der Waals surface area contributed by atoms with E-state index in [-0.39, 0.29) is 5.43 Å². The van der Waals surface area contributed by atoms with Gasteiger partial charge in [0.25, 0.3) is 0 Å². The molecule has 0 saturated carbocycles. The summed E-state index contributed by atoms with van der Waals surface area (Å²) in [4.78, 5) is 22.6. The minimum atomic E-state index is -0.134. The van der Waals surface area contributed by atoms with Gasteiger partial charge in [0.2, 0.25) is 0 Å². The van der Waals surface area contributed by atoms with Crippen molar-refractivity contribution in [2.24, 2.45) is 0 Å².